The van der Waals surface area contributed by atoms with Gasteiger partial charge in [-0.15, -0.1) is 0 Å². The molecule has 5 heteroatoms. The van der Waals surface area contributed by atoms with Crippen LogP contribution in [-0.4, -0.2) is 38.1 Å². The van der Waals surface area contributed by atoms with E-state index in [1.54, 1.807) is 12.5 Å². The Bertz CT molecular complexity index is 723. The van der Waals surface area contributed by atoms with E-state index in [2.05, 4.69) is 11.9 Å². The summed E-state index contributed by atoms with van der Waals surface area (Å²) in [5.41, 5.74) is 1.72. The first-order valence-corrected chi connectivity index (χ1v) is 8.97. The molecule has 1 atom stereocenters. The van der Waals surface area contributed by atoms with Crippen LogP contribution in [0, 0.1) is 0 Å². The van der Waals surface area contributed by atoms with E-state index in [4.69, 9.17) is 0 Å². The molecule has 0 radical (unpaired) electrons. The van der Waals surface area contributed by atoms with E-state index in [0.29, 0.717) is 6.54 Å². The van der Waals surface area contributed by atoms with Gasteiger partial charge in [0.15, 0.2) is 5.76 Å². The Labute approximate surface area is 148 Å². The average molecular weight is 339 g/mol. The molecule has 0 fully saturated rings. The van der Waals surface area contributed by atoms with Gasteiger partial charge in [0.25, 0.3) is 5.91 Å². The fraction of sp³-hybridized carbons (Fsp3) is 0.400. The van der Waals surface area contributed by atoms with Gasteiger partial charge in [-0.25, -0.2) is 4.98 Å². The third-order valence-electron chi connectivity index (χ3n) is 4.72. The zero-order valence-corrected chi connectivity index (χ0v) is 14.6. The van der Waals surface area contributed by atoms with Crippen LogP contribution in [0.5, 0.6) is 0 Å². The molecule has 1 aliphatic rings. The molecule has 5 nitrogen and oxygen atoms in total. The number of hydrogen-bond donors (Lipinski definition) is 1. The van der Waals surface area contributed by atoms with Crippen LogP contribution in [0.25, 0.3) is 5.57 Å². The highest BCUT2D eigenvalue weighted by Gasteiger charge is 2.39. The zero-order chi connectivity index (χ0) is 17.6. The van der Waals surface area contributed by atoms with Crippen LogP contribution >= 0.6 is 0 Å². The minimum Gasteiger partial charge on any atom is -0.503 e. The minimum absolute atomic E-state index is 0.0439. The van der Waals surface area contributed by atoms with Crippen LogP contribution in [0.15, 0.2) is 54.8 Å². The maximum Gasteiger partial charge on any atom is 0.289 e. The highest BCUT2D eigenvalue weighted by atomic mass is 16.3. The Morgan fingerprint density at radius 3 is 2.64 bits per heavy atom. The van der Waals surface area contributed by atoms with E-state index < -0.39 is 0 Å². The van der Waals surface area contributed by atoms with Crippen LogP contribution in [0.2, 0.25) is 0 Å². The van der Waals surface area contributed by atoms with Crippen LogP contribution in [0.1, 0.15) is 38.2 Å². The second-order valence-corrected chi connectivity index (χ2v) is 6.44. The Morgan fingerprint density at radius 2 is 1.96 bits per heavy atom. The maximum absolute atomic E-state index is 12.7. The van der Waals surface area contributed by atoms with Crippen molar-refractivity contribution in [1.82, 2.24) is 14.5 Å². The van der Waals surface area contributed by atoms with Gasteiger partial charge in [-0.05, 0) is 18.4 Å². The summed E-state index contributed by atoms with van der Waals surface area (Å²) in [7, 11) is 0. The molecule has 0 aliphatic carbocycles. The number of hydrogen-bond acceptors (Lipinski definition) is 3. The summed E-state index contributed by atoms with van der Waals surface area (Å²) < 4.78 is 2.01. The molecule has 1 aromatic carbocycles. The average Bonchev–Trinajstić information content (AvgIpc) is 3.23. The summed E-state index contributed by atoms with van der Waals surface area (Å²) in [6.45, 7) is 3.59. The Balaban J connectivity index is 1.76. The van der Waals surface area contributed by atoms with Crippen molar-refractivity contribution in [1.29, 1.82) is 0 Å². The summed E-state index contributed by atoms with van der Waals surface area (Å²) in [4.78, 5) is 18.5. The van der Waals surface area contributed by atoms with E-state index in [0.717, 1.165) is 43.4 Å². The lowest BCUT2D eigenvalue weighted by Gasteiger charge is -2.27. The predicted octanol–water partition coefficient (Wildman–Crippen LogP) is 3.64. The maximum atomic E-state index is 12.7. The second-order valence-electron chi connectivity index (χ2n) is 6.44. The second kappa shape index (κ2) is 8.01. The molecule has 25 heavy (non-hydrogen) atoms. The van der Waals surface area contributed by atoms with Gasteiger partial charge in [-0.3, -0.25) is 4.79 Å². The SMILES string of the molecule is CCCCC1C(c2ccccc2)=C(O)C(=O)N1CCCn1ccnc1. The number of imidazole rings is 1. The fourth-order valence-electron chi connectivity index (χ4n) is 3.45. The summed E-state index contributed by atoms with van der Waals surface area (Å²) in [5, 5.41) is 10.5. The zero-order valence-electron chi connectivity index (χ0n) is 14.6. The van der Waals surface area contributed by atoms with Gasteiger partial charge in [0.05, 0.1) is 12.4 Å². The number of carbonyl (C=O) groups is 1. The molecule has 1 amide bonds. The molecule has 0 saturated heterocycles. The molecular weight excluding hydrogens is 314 g/mol. The van der Waals surface area contributed by atoms with Gasteiger partial charge in [-0.2, -0.15) is 0 Å². The van der Waals surface area contributed by atoms with Gasteiger partial charge in [0.1, 0.15) is 0 Å². The first-order valence-electron chi connectivity index (χ1n) is 8.97. The van der Waals surface area contributed by atoms with Crippen molar-refractivity contribution in [2.24, 2.45) is 0 Å². The van der Waals surface area contributed by atoms with Crippen LogP contribution in [0.4, 0.5) is 0 Å². The molecule has 132 valence electrons. The molecule has 2 heterocycles. The molecule has 3 rings (SSSR count). The topological polar surface area (TPSA) is 58.4 Å². The first-order chi connectivity index (χ1) is 12.2. The fourth-order valence-corrected chi connectivity index (χ4v) is 3.45. The van der Waals surface area contributed by atoms with Crippen LogP contribution in [0.3, 0.4) is 0 Å². The van der Waals surface area contributed by atoms with Gasteiger partial charge in [-0.1, -0.05) is 50.1 Å². The molecule has 1 unspecified atom stereocenters. The third-order valence-corrected chi connectivity index (χ3v) is 4.72. The van der Waals surface area contributed by atoms with Gasteiger partial charge in [0, 0.05) is 31.1 Å². The van der Waals surface area contributed by atoms with E-state index >= 15 is 0 Å². The molecule has 1 aromatic heterocycles. The number of amides is 1. The number of aliphatic hydroxyl groups excluding tert-OH is 1. The Morgan fingerprint density at radius 1 is 1.16 bits per heavy atom. The standard InChI is InChI=1S/C20H25N3O2/c1-2-3-10-17-18(16-8-5-4-6-9-16)19(24)20(25)23(17)13-7-12-22-14-11-21-15-22/h4-6,8-9,11,14-15,17,24H,2-3,7,10,12-13H2,1H3. The first kappa shape index (κ1) is 17.3. The summed E-state index contributed by atoms with van der Waals surface area (Å²) in [6.07, 6.45) is 9.26. The van der Waals surface area contributed by atoms with E-state index in [1.165, 1.54) is 0 Å². The van der Waals surface area contributed by atoms with Crippen molar-refractivity contribution < 1.29 is 9.90 Å². The van der Waals surface area contributed by atoms with E-state index in [1.807, 2.05) is 46.0 Å². The van der Waals surface area contributed by atoms with Gasteiger partial charge in [0.2, 0.25) is 0 Å². The highest BCUT2D eigenvalue weighted by Crippen LogP contribution is 2.35. The van der Waals surface area contributed by atoms with Gasteiger partial charge < -0.3 is 14.6 Å². The number of benzene rings is 1. The lowest BCUT2D eigenvalue weighted by Crippen LogP contribution is -2.36. The van der Waals surface area contributed by atoms with E-state index in [-0.39, 0.29) is 17.7 Å². The number of nitrogens with zero attached hydrogens (tertiary/aromatic N) is 3. The predicted molar refractivity (Wildman–Crippen MR) is 97.9 cm³/mol. The minimum atomic E-state index is -0.245. The number of carbonyl (C=O) groups excluding carboxylic acids is 1. The molecule has 2 aromatic rings. The number of aromatic nitrogens is 2. The monoisotopic (exact) mass is 339 g/mol. The normalized spacial score (nSPS) is 17.6. The van der Waals surface area contributed by atoms with Crippen molar-refractivity contribution in [2.75, 3.05) is 6.54 Å². The smallest absolute Gasteiger partial charge is 0.289 e. The van der Waals surface area contributed by atoms with Crippen molar-refractivity contribution >= 4 is 11.5 Å². The van der Waals surface area contributed by atoms with Crippen molar-refractivity contribution in [3.63, 3.8) is 0 Å². The molecule has 1 aliphatic heterocycles. The van der Waals surface area contributed by atoms with Crippen molar-refractivity contribution in [3.05, 3.63) is 60.4 Å². The van der Waals surface area contributed by atoms with Crippen molar-refractivity contribution in [2.45, 2.75) is 45.2 Å². The van der Waals surface area contributed by atoms with E-state index in [9.17, 15) is 9.90 Å². The summed E-state index contributed by atoms with van der Waals surface area (Å²) in [6, 6.07) is 9.72. The largest absolute Gasteiger partial charge is 0.503 e. The summed E-state index contributed by atoms with van der Waals surface area (Å²) >= 11 is 0. The number of unbranched alkanes of at least 4 members (excludes halogenated alkanes) is 1. The van der Waals surface area contributed by atoms with Crippen molar-refractivity contribution in [3.8, 4) is 0 Å². The Kier molecular flexibility index (Phi) is 5.53. The molecule has 0 bridgehead atoms. The third kappa shape index (κ3) is 3.76. The number of aryl methyl sites for hydroxylation is 1. The Hall–Kier alpha value is -2.56. The molecular formula is C20H25N3O2. The number of aliphatic hydroxyl groups is 1. The molecule has 0 saturated carbocycles. The van der Waals surface area contributed by atoms with Crippen LogP contribution < -0.4 is 0 Å². The summed E-state index contributed by atoms with van der Waals surface area (Å²) in [5.74, 6) is -0.333. The lowest BCUT2D eigenvalue weighted by molar-refractivity contribution is -0.129. The number of rotatable bonds is 8. The van der Waals surface area contributed by atoms with Gasteiger partial charge >= 0.3 is 0 Å². The molecule has 0 spiro atoms. The molecule has 1 N–H and O–H groups in total. The quantitative estimate of drug-likeness (QED) is 0.799. The highest BCUT2D eigenvalue weighted by molar-refractivity contribution is 6.05. The lowest BCUT2D eigenvalue weighted by atomic mass is 9.95. The van der Waals surface area contributed by atoms with Crippen LogP contribution in [-0.2, 0) is 11.3 Å².